The summed E-state index contributed by atoms with van der Waals surface area (Å²) < 4.78 is 21.9. The lowest BCUT2D eigenvalue weighted by molar-refractivity contribution is -0.0956. The van der Waals surface area contributed by atoms with Crippen molar-refractivity contribution in [2.45, 2.75) is 38.3 Å². The Labute approximate surface area is 219 Å². The minimum absolute atomic E-state index is 0.175. The molecular formula is C26H29IN2O5Si. The van der Waals surface area contributed by atoms with Crippen molar-refractivity contribution in [3.63, 3.8) is 0 Å². The number of halogens is 1. The van der Waals surface area contributed by atoms with Crippen molar-refractivity contribution in [3.05, 3.63) is 97.3 Å². The van der Waals surface area contributed by atoms with Crippen LogP contribution in [-0.2, 0) is 13.9 Å². The second kappa shape index (κ2) is 10.7. The highest BCUT2D eigenvalue weighted by Crippen LogP contribution is 2.37. The molecule has 1 fully saturated rings. The first kappa shape index (κ1) is 25.8. The maximum absolute atomic E-state index is 12.4. The van der Waals surface area contributed by atoms with Gasteiger partial charge in [-0.15, -0.1) is 0 Å². The third kappa shape index (κ3) is 5.29. The van der Waals surface area contributed by atoms with Crippen molar-refractivity contribution in [2.24, 2.45) is 0 Å². The van der Waals surface area contributed by atoms with Gasteiger partial charge in [0.2, 0.25) is 0 Å². The lowest BCUT2D eigenvalue weighted by Crippen LogP contribution is -2.67. The predicted molar refractivity (Wildman–Crippen MR) is 148 cm³/mol. The lowest BCUT2D eigenvalue weighted by Gasteiger charge is -2.43. The highest BCUT2D eigenvalue weighted by molar-refractivity contribution is 14.1. The fourth-order valence-corrected chi connectivity index (χ4v) is 9.46. The second-order valence-corrected chi connectivity index (χ2v) is 14.4. The molecule has 0 spiro atoms. The van der Waals surface area contributed by atoms with Crippen LogP contribution in [0.15, 0.2) is 80.5 Å². The smallest absolute Gasteiger partial charge is 0.330 e. The normalized spacial score (nSPS) is 18.9. The van der Waals surface area contributed by atoms with Crippen LogP contribution in [0.25, 0.3) is 6.08 Å². The Kier molecular flexibility index (Phi) is 7.91. The van der Waals surface area contributed by atoms with E-state index in [4.69, 9.17) is 13.9 Å². The Balaban J connectivity index is 1.61. The van der Waals surface area contributed by atoms with Gasteiger partial charge in [-0.25, -0.2) is 4.79 Å². The first-order valence-corrected chi connectivity index (χ1v) is 14.6. The van der Waals surface area contributed by atoms with Gasteiger partial charge >= 0.3 is 5.69 Å². The molecule has 1 aromatic heterocycles. The summed E-state index contributed by atoms with van der Waals surface area (Å²) in [6, 6.07) is 20.7. The Hall–Kier alpha value is -2.31. The van der Waals surface area contributed by atoms with Crippen LogP contribution in [0.1, 0.15) is 32.6 Å². The fourth-order valence-electron chi connectivity index (χ4n) is 4.53. The van der Waals surface area contributed by atoms with Crippen LogP contribution in [0.4, 0.5) is 0 Å². The van der Waals surface area contributed by atoms with Gasteiger partial charge in [0.1, 0.15) is 0 Å². The number of nitrogens with zero attached hydrogens (tertiary/aromatic N) is 1. The maximum Gasteiger partial charge on any atom is 0.330 e. The van der Waals surface area contributed by atoms with E-state index in [1.807, 2.05) is 59.0 Å². The number of hydrogen-bond donors (Lipinski definition) is 1. The zero-order chi connectivity index (χ0) is 25.1. The highest BCUT2D eigenvalue weighted by atomic mass is 127. The molecule has 1 aliphatic heterocycles. The maximum atomic E-state index is 12.4. The number of aromatic nitrogens is 2. The van der Waals surface area contributed by atoms with E-state index in [2.05, 4.69) is 50.0 Å². The number of ether oxygens (including phenoxy) is 2. The van der Waals surface area contributed by atoms with Crippen molar-refractivity contribution in [1.29, 1.82) is 0 Å². The predicted octanol–water partition coefficient (Wildman–Crippen LogP) is 3.39. The summed E-state index contributed by atoms with van der Waals surface area (Å²) in [5, 5.41) is 2.16. The molecule has 0 saturated carbocycles. The molecule has 7 nitrogen and oxygen atoms in total. The lowest BCUT2D eigenvalue weighted by atomic mass is 10.2. The molecule has 1 N–H and O–H groups in total. The van der Waals surface area contributed by atoms with Crippen molar-refractivity contribution in [2.75, 3.05) is 13.2 Å². The number of H-pyrrole nitrogens is 1. The first-order valence-electron chi connectivity index (χ1n) is 11.4. The average Bonchev–Trinajstić information content (AvgIpc) is 3.30. The van der Waals surface area contributed by atoms with Gasteiger partial charge in [-0.3, -0.25) is 14.3 Å². The van der Waals surface area contributed by atoms with E-state index in [0.717, 1.165) is 0 Å². The molecule has 4 rings (SSSR count). The molecule has 2 atom stereocenters. The number of hydrogen-bond acceptors (Lipinski definition) is 5. The molecule has 1 saturated heterocycles. The molecule has 35 heavy (non-hydrogen) atoms. The molecule has 0 bridgehead atoms. The van der Waals surface area contributed by atoms with E-state index in [-0.39, 0.29) is 18.3 Å². The first-order chi connectivity index (χ1) is 16.8. The van der Waals surface area contributed by atoms with Crippen LogP contribution in [0.5, 0.6) is 0 Å². The van der Waals surface area contributed by atoms with Gasteiger partial charge in [0.15, 0.2) is 12.5 Å². The summed E-state index contributed by atoms with van der Waals surface area (Å²) in [7, 11) is -2.74. The van der Waals surface area contributed by atoms with Crippen LogP contribution >= 0.6 is 22.6 Å². The molecule has 1 aliphatic rings. The van der Waals surface area contributed by atoms with Gasteiger partial charge in [-0.05, 0) is 25.6 Å². The van der Waals surface area contributed by atoms with Crippen LogP contribution in [0, 0.1) is 0 Å². The zero-order valence-electron chi connectivity index (χ0n) is 19.9. The summed E-state index contributed by atoms with van der Waals surface area (Å²) in [6.07, 6.45) is 1.82. The number of aromatic amines is 1. The summed E-state index contributed by atoms with van der Waals surface area (Å²) in [4.78, 5) is 26.8. The largest absolute Gasteiger partial charge is 0.402 e. The van der Waals surface area contributed by atoms with Crippen LogP contribution in [0.2, 0.25) is 5.04 Å². The van der Waals surface area contributed by atoms with E-state index in [0.29, 0.717) is 5.56 Å². The zero-order valence-corrected chi connectivity index (χ0v) is 23.1. The Morgan fingerprint density at radius 3 is 2.23 bits per heavy atom. The summed E-state index contributed by atoms with van der Waals surface area (Å²) in [6.45, 7) is 7.01. The minimum Gasteiger partial charge on any atom is -0.402 e. The van der Waals surface area contributed by atoms with Gasteiger partial charge < -0.3 is 13.9 Å². The highest BCUT2D eigenvalue weighted by Gasteiger charge is 2.50. The van der Waals surface area contributed by atoms with Crippen LogP contribution in [0.3, 0.4) is 0 Å². The van der Waals surface area contributed by atoms with Crippen LogP contribution in [-0.4, -0.2) is 37.4 Å². The third-order valence-corrected chi connectivity index (χ3v) is 11.5. The van der Waals surface area contributed by atoms with E-state index in [1.165, 1.54) is 21.1 Å². The molecule has 0 aliphatic carbocycles. The average molecular weight is 605 g/mol. The summed E-state index contributed by atoms with van der Waals surface area (Å²) in [5.74, 6) is 0. The summed E-state index contributed by atoms with van der Waals surface area (Å²) in [5.41, 5.74) is -0.609. The molecule has 0 radical (unpaired) electrons. The molecule has 0 amide bonds. The van der Waals surface area contributed by atoms with E-state index >= 15 is 0 Å². The molecule has 3 aromatic rings. The van der Waals surface area contributed by atoms with E-state index in [9.17, 15) is 9.59 Å². The SMILES string of the molecule is CC(C)(C)[Si](OC[C@H]1OC[C@@H](n2cc(C=CI)c(=O)[nH]c2=O)O1)(c1ccccc1)c1ccccc1. The number of nitrogens with one attached hydrogen (secondary N) is 1. The van der Waals surface area contributed by atoms with Crippen molar-refractivity contribution in [3.8, 4) is 0 Å². The van der Waals surface area contributed by atoms with Gasteiger partial charge in [-0.1, -0.05) is 104 Å². The molecule has 184 valence electrons. The monoisotopic (exact) mass is 604 g/mol. The van der Waals surface area contributed by atoms with Crippen LogP contribution < -0.4 is 21.6 Å². The quantitative estimate of drug-likeness (QED) is 0.331. The molecule has 9 heteroatoms. The van der Waals surface area contributed by atoms with Gasteiger partial charge in [0.25, 0.3) is 13.9 Å². The van der Waals surface area contributed by atoms with E-state index < -0.39 is 32.1 Å². The van der Waals surface area contributed by atoms with Crippen molar-refractivity contribution >= 4 is 47.4 Å². The molecular weight excluding hydrogens is 575 g/mol. The molecule has 2 aromatic carbocycles. The topological polar surface area (TPSA) is 82.5 Å². The third-order valence-electron chi connectivity index (χ3n) is 6.13. The minimum atomic E-state index is -2.74. The van der Waals surface area contributed by atoms with Gasteiger partial charge in [0.05, 0.1) is 18.8 Å². The molecule has 2 heterocycles. The Bertz CT molecular complexity index is 1250. The fraction of sp³-hybridized carbons (Fsp3) is 0.308. The summed E-state index contributed by atoms with van der Waals surface area (Å²) >= 11 is 2.02. The van der Waals surface area contributed by atoms with E-state index in [1.54, 1.807) is 10.2 Å². The number of rotatable bonds is 7. The second-order valence-electron chi connectivity index (χ2n) is 9.37. The van der Waals surface area contributed by atoms with Crippen molar-refractivity contribution in [1.82, 2.24) is 9.55 Å². The Morgan fingerprint density at radius 2 is 1.69 bits per heavy atom. The standard InChI is InChI=1S/C26H29IN2O5Si/c1-26(2,3)35(20-10-6-4-7-11-20,21-12-8-5-9-13-21)33-18-23-32-17-22(34-23)29-16-19(14-15-27)24(30)28-25(29)31/h4-16,22-23H,17-18H2,1-3H3,(H,28,30,31)/t22-,23-/m0/s1. The Morgan fingerprint density at radius 1 is 1.09 bits per heavy atom. The van der Waals surface area contributed by atoms with Gasteiger partial charge in [0, 0.05) is 6.20 Å². The molecule has 0 unspecified atom stereocenters. The van der Waals surface area contributed by atoms with Crippen molar-refractivity contribution < 1.29 is 13.9 Å². The van der Waals surface area contributed by atoms with Gasteiger partial charge in [-0.2, -0.15) is 0 Å². The number of benzene rings is 2.